The van der Waals surface area contributed by atoms with E-state index in [1.807, 2.05) is 6.92 Å². The Morgan fingerprint density at radius 3 is 2.54 bits per heavy atom. The van der Waals surface area contributed by atoms with Gasteiger partial charge in [-0.15, -0.1) is 10.2 Å². The lowest BCUT2D eigenvalue weighted by atomic mass is 10.2. The van der Waals surface area contributed by atoms with Gasteiger partial charge in [-0.05, 0) is 31.2 Å². The molecule has 1 aliphatic rings. The summed E-state index contributed by atoms with van der Waals surface area (Å²) in [6.45, 7) is 8.25. The Bertz CT molecular complexity index is 901. The Balaban J connectivity index is 1.31. The van der Waals surface area contributed by atoms with Crippen LogP contribution in [0.1, 0.15) is 37.5 Å². The molecule has 0 bridgehead atoms. The van der Waals surface area contributed by atoms with Crippen LogP contribution >= 0.6 is 0 Å². The van der Waals surface area contributed by atoms with Gasteiger partial charge in [-0.25, -0.2) is 4.39 Å². The summed E-state index contributed by atoms with van der Waals surface area (Å²) in [4.78, 5) is 9.05. The second-order valence-corrected chi connectivity index (χ2v) is 6.90. The standard InChI is InChI=1S/C19H23FN6O2/c1-3-16-21-18(28-24-16)13(2)26-10-8-25(9-11-26)12-17-22-23-19(27-17)14-4-6-15(20)7-5-14/h4-7,13H,3,8-12H2,1-2H3. The highest BCUT2D eigenvalue weighted by molar-refractivity contribution is 5.51. The number of hydrogen-bond donors (Lipinski definition) is 0. The molecule has 1 unspecified atom stereocenters. The molecular weight excluding hydrogens is 363 g/mol. The first kappa shape index (κ1) is 18.7. The number of hydrogen-bond acceptors (Lipinski definition) is 8. The number of aryl methyl sites for hydroxylation is 1. The van der Waals surface area contributed by atoms with Crippen LogP contribution < -0.4 is 0 Å². The molecule has 0 spiro atoms. The maximum absolute atomic E-state index is 13.0. The van der Waals surface area contributed by atoms with Crippen LogP contribution in [-0.4, -0.2) is 56.3 Å². The van der Waals surface area contributed by atoms with Crippen LogP contribution in [-0.2, 0) is 13.0 Å². The first-order valence-electron chi connectivity index (χ1n) is 9.49. The number of aromatic nitrogens is 4. The molecule has 4 rings (SSSR count). The van der Waals surface area contributed by atoms with E-state index in [0.717, 1.165) is 38.4 Å². The van der Waals surface area contributed by atoms with Crippen LogP contribution in [0.25, 0.3) is 11.5 Å². The third-order valence-corrected chi connectivity index (χ3v) is 5.03. The number of benzene rings is 1. The number of rotatable bonds is 6. The summed E-state index contributed by atoms with van der Waals surface area (Å²) in [5, 5.41) is 12.2. The van der Waals surface area contributed by atoms with Crippen molar-refractivity contribution in [3.8, 4) is 11.5 Å². The molecule has 1 atom stereocenters. The highest BCUT2D eigenvalue weighted by Crippen LogP contribution is 2.22. The van der Waals surface area contributed by atoms with Gasteiger partial charge in [0.25, 0.3) is 0 Å². The van der Waals surface area contributed by atoms with Crippen LogP contribution in [0.5, 0.6) is 0 Å². The summed E-state index contributed by atoms with van der Waals surface area (Å²) in [6, 6.07) is 6.13. The van der Waals surface area contributed by atoms with Crippen molar-refractivity contribution in [2.75, 3.05) is 26.2 Å². The van der Waals surface area contributed by atoms with Crippen molar-refractivity contribution < 1.29 is 13.3 Å². The molecular formula is C19H23FN6O2. The molecule has 2 aromatic heterocycles. The van der Waals surface area contributed by atoms with Crippen molar-refractivity contribution >= 4 is 0 Å². The molecule has 0 saturated carbocycles. The molecule has 28 heavy (non-hydrogen) atoms. The third kappa shape index (κ3) is 4.10. The predicted molar refractivity (Wildman–Crippen MR) is 98.6 cm³/mol. The number of piperazine rings is 1. The Morgan fingerprint density at radius 1 is 1.11 bits per heavy atom. The van der Waals surface area contributed by atoms with Gasteiger partial charge in [0.2, 0.25) is 17.7 Å². The minimum atomic E-state index is -0.290. The van der Waals surface area contributed by atoms with Gasteiger partial charge in [-0.2, -0.15) is 4.98 Å². The molecule has 1 fully saturated rings. The number of nitrogens with zero attached hydrogens (tertiary/aromatic N) is 6. The normalized spacial score (nSPS) is 17.1. The average Bonchev–Trinajstić information content (AvgIpc) is 3.38. The van der Waals surface area contributed by atoms with Gasteiger partial charge in [0.1, 0.15) is 5.82 Å². The van der Waals surface area contributed by atoms with Gasteiger partial charge in [0, 0.05) is 38.2 Å². The quantitative estimate of drug-likeness (QED) is 0.639. The van der Waals surface area contributed by atoms with E-state index < -0.39 is 0 Å². The van der Waals surface area contributed by atoms with Crippen molar-refractivity contribution in [3.63, 3.8) is 0 Å². The second kappa shape index (κ2) is 8.15. The Hall–Kier alpha value is -2.65. The summed E-state index contributed by atoms with van der Waals surface area (Å²) in [6.07, 6.45) is 0.772. The second-order valence-electron chi connectivity index (χ2n) is 6.90. The van der Waals surface area contributed by atoms with E-state index in [2.05, 4.69) is 37.1 Å². The summed E-state index contributed by atoms with van der Waals surface area (Å²) >= 11 is 0. The van der Waals surface area contributed by atoms with Crippen molar-refractivity contribution in [2.45, 2.75) is 32.9 Å². The largest absolute Gasteiger partial charge is 0.419 e. The first-order chi connectivity index (χ1) is 13.6. The zero-order chi connectivity index (χ0) is 19.5. The maximum Gasteiger partial charge on any atom is 0.247 e. The Morgan fingerprint density at radius 2 is 1.86 bits per heavy atom. The summed E-state index contributed by atoms with van der Waals surface area (Å²) in [5.74, 6) is 2.10. The minimum Gasteiger partial charge on any atom is -0.419 e. The SMILES string of the molecule is CCc1noc(C(C)N2CCN(Cc3nnc(-c4ccc(F)cc4)o3)CC2)n1. The van der Waals surface area contributed by atoms with Crippen LogP contribution in [0, 0.1) is 5.82 Å². The molecule has 3 heterocycles. The van der Waals surface area contributed by atoms with Crippen LogP contribution in [0.3, 0.4) is 0 Å². The fraction of sp³-hybridized carbons (Fsp3) is 0.474. The molecule has 0 aliphatic carbocycles. The van der Waals surface area contributed by atoms with E-state index >= 15 is 0 Å². The fourth-order valence-corrected chi connectivity index (χ4v) is 3.26. The lowest BCUT2D eigenvalue weighted by Crippen LogP contribution is -2.46. The van der Waals surface area contributed by atoms with E-state index in [1.54, 1.807) is 12.1 Å². The van der Waals surface area contributed by atoms with E-state index in [-0.39, 0.29) is 11.9 Å². The van der Waals surface area contributed by atoms with Gasteiger partial charge < -0.3 is 8.94 Å². The van der Waals surface area contributed by atoms with E-state index in [0.29, 0.717) is 29.8 Å². The molecule has 1 saturated heterocycles. The van der Waals surface area contributed by atoms with E-state index in [9.17, 15) is 4.39 Å². The summed E-state index contributed by atoms with van der Waals surface area (Å²) in [7, 11) is 0. The van der Waals surface area contributed by atoms with Crippen molar-refractivity contribution in [1.29, 1.82) is 0 Å². The molecule has 148 valence electrons. The zero-order valence-corrected chi connectivity index (χ0v) is 16.0. The lowest BCUT2D eigenvalue weighted by Gasteiger charge is -2.36. The first-order valence-corrected chi connectivity index (χ1v) is 9.49. The van der Waals surface area contributed by atoms with Crippen molar-refractivity contribution in [2.24, 2.45) is 0 Å². The van der Waals surface area contributed by atoms with Gasteiger partial charge in [0.15, 0.2) is 5.82 Å². The number of halogens is 1. The smallest absolute Gasteiger partial charge is 0.247 e. The monoisotopic (exact) mass is 386 g/mol. The molecule has 0 N–H and O–H groups in total. The van der Waals surface area contributed by atoms with Crippen molar-refractivity contribution in [3.05, 3.63) is 47.7 Å². The van der Waals surface area contributed by atoms with Crippen LogP contribution in [0.4, 0.5) is 4.39 Å². The average molecular weight is 386 g/mol. The molecule has 8 nitrogen and oxygen atoms in total. The van der Waals surface area contributed by atoms with E-state index in [4.69, 9.17) is 8.94 Å². The van der Waals surface area contributed by atoms with Crippen LogP contribution in [0.15, 0.2) is 33.2 Å². The fourth-order valence-electron chi connectivity index (χ4n) is 3.26. The molecule has 0 amide bonds. The molecule has 0 radical (unpaired) electrons. The third-order valence-electron chi connectivity index (χ3n) is 5.03. The lowest BCUT2D eigenvalue weighted by molar-refractivity contribution is 0.0799. The van der Waals surface area contributed by atoms with E-state index in [1.165, 1.54) is 12.1 Å². The summed E-state index contributed by atoms with van der Waals surface area (Å²) < 4.78 is 24.2. The molecule has 1 aliphatic heterocycles. The Labute approximate surface area is 162 Å². The van der Waals surface area contributed by atoms with Crippen molar-refractivity contribution in [1.82, 2.24) is 30.1 Å². The molecule has 9 heteroatoms. The van der Waals surface area contributed by atoms with Gasteiger partial charge in [-0.1, -0.05) is 12.1 Å². The van der Waals surface area contributed by atoms with Gasteiger partial charge in [-0.3, -0.25) is 9.80 Å². The topological polar surface area (TPSA) is 84.3 Å². The Kier molecular flexibility index (Phi) is 5.45. The zero-order valence-electron chi connectivity index (χ0n) is 16.0. The molecule has 3 aromatic rings. The maximum atomic E-state index is 13.0. The highest BCUT2D eigenvalue weighted by atomic mass is 19.1. The molecule has 1 aromatic carbocycles. The minimum absolute atomic E-state index is 0.100. The highest BCUT2D eigenvalue weighted by Gasteiger charge is 2.26. The van der Waals surface area contributed by atoms with Gasteiger partial charge >= 0.3 is 0 Å². The predicted octanol–water partition coefficient (Wildman–Crippen LogP) is 2.70. The van der Waals surface area contributed by atoms with Gasteiger partial charge in [0.05, 0.1) is 12.6 Å². The van der Waals surface area contributed by atoms with Crippen LogP contribution in [0.2, 0.25) is 0 Å². The summed E-state index contributed by atoms with van der Waals surface area (Å²) in [5.41, 5.74) is 0.713.